The fourth-order valence-corrected chi connectivity index (χ4v) is 2.75. The molecule has 1 amide bonds. The molecule has 1 saturated heterocycles. The molecule has 1 fully saturated rings. The van der Waals surface area contributed by atoms with Crippen molar-refractivity contribution in [3.8, 4) is 17.2 Å². The van der Waals surface area contributed by atoms with Gasteiger partial charge in [-0.2, -0.15) is 0 Å². The molecule has 6 heteroatoms. The first-order valence-corrected chi connectivity index (χ1v) is 8.04. The molecule has 2 aromatic rings. The van der Waals surface area contributed by atoms with E-state index in [0.717, 1.165) is 32.4 Å². The zero-order valence-corrected chi connectivity index (χ0v) is 13.3. The Morgan fingerprint density at radius 3 is 2.42 bits per heavy atom. The number of benzene rings is 1. The SMILES string of the molecule is O=C(c1cccc(COc2c(O)cccc2O)n1)N1CCCCC1. The second-order valence-corrected chi connectivity index (χ2v) is 5.78. The van der Waals surface area contributed by atoms with E-state index in [9.17, 15) is 15.0 Å². The van der Waals surface area contributed by atoms with Gasteiger partial charge < -0.3 is 19.8 Å². The summed E-state index contributed by atoms with van der Waals surface area (Å²) in [4.78, 5) is 18.6. The molecule has 1 aliphatic heterocycles. The summed E-state index contributed by atoms with van der Waals surface area (Å²) in [6.07, 6.45) is 3.22. The number of amides is 1. The Kier molecular flexibility index (Phi) is 4.84. The van der Waals surface area contributed by atoms with Crippen LogP contribution < -0.4 is 4.74 Å². The Hall–Kier alpha value is -2.76. The molecule has 0 aliphatic carbocycles. The number of carbonyl (C=O) groups is 1. The monoisotopic (exact) mass is 328 g/mol. The number of nitrogens with zero attached hydrogens (tertiary/aromatic N) is 2. The molecule has 0 bridgehead atoms. The number of carbonyl (C=O) groups excluding carboxylic acids is 1. The van der Waals surface area contributed by atoms with E-state index in [1.807, 2.05) is 4.90 Å². The smallest absolute Gasteiger partial charge is 0.272 e. The molecule has 0 unspecified atom stereocenters. The standard InChI is InChI=1S/C18H20N2O4/c21-15-8-5-9-16(22)17(15)24-12-13-6-4-7-14(19-13)18(23)20-10-2-1-3-11-20/h4-9,21-22H,1-3,10-12H2. The van der Waals surface area contributed by atoms with Gasteiger partial charge in [0.25, 0.3) is 5.91 Å². The summed E-state index contributed by atoms with van der Waals surface area (Å²) < 4.78 is 5.45. The Balaban J connectivity index is 1.70. The lowest BCUT2D eigenvalue weighted by molar-refractivity contribution is 0.0717. The van der Waals surface area contributed by atoms with Gasteiger partial charge in [0.15, 0.2) is 11.5 Å². The average molecular weight is 328 g/mol. The van der Waals surface area contributed by atoms with Gasteiger partial charge in [0, 0.05) is 13.1 Å². The van der Waals surface area contributed by atoms with Crippen molar-refractivity contribution in [3.63, 3.8) is 0 Å². The molecule has 1 aromatic carbocycles. The number of phenols is 2. The molecular formula is C18H20N2O4. The van der Waals surface area contributed by atoms with Crippen molar-refractivity contribution in [2.75, 3.05) is 13.1 Å². The Labute approximate surface area is 140 Å². The highest BCUT2D eigenvalue weighted by Gasteiger charge is 2.19. The number of hydrogen-bond acceptors (Lipinski definition) is 5. The molecule has 24 heavy (non-hydrogen) atoms. The van der Waals surface area contributed by atoms with Crippen LogP contribution in [0, 0.1) is 0 Å². The number of likely N-dealkylation sites (tertiary alicyclic amines) is 1. The third kappa shape index (κ3) is 3.59. The molecule has 3 rings (SSSR count). The summed E-state index contributed by atoms with van der Waals surface area (Å²) in [7, 11) is 0. The molecule has 0 saturated carbocycles. The molecule has 6 nitrogen and oxygen atoms in total. The van der Waals surface area contributed by atoms with Gasteiger partial charge in [0.05, 0.1) is 5.69 Å². The van der Waals surface area contributed by atoms with Crippen molar-refractivity contribution in [2.45, 2.75) is 25.9 Å². The number of hydrogen-bond donors (Lipinski definition) is 2. The topological polar surface area (TPSA) is 82.9 Å². The molecule has 1 aliphatic rings. The van der Waals surface area contributed by atoms with Crippen LogP contribution in [-0.2, 0) is 6.61 Å². The fraction of sp³-hybridized carbons (Fsp3) is 0.333. The van der Waals surface area contributed by atoms with Gasteiger partial charge in [-0.15, -0.1) is 0 Å². The summed E-state index contributed by atoms with van der Waals surface area (Å²) in [5.74, 6) is -0.347. The maximum Gasteiger partial charge on any atom is 0.272 e. The van der Waals surface area contributed by atoms with Crippen LogP contribution in [0.5, 0.6) is 17.2 Å². The minimum absolute atomic E-state index is 0.00654. The summed E-state index contributed by atoms with van der Waals surface area (Å²) in [5, 5.41) is 19.4. The Morgan fingerprint density at radius 1 is 1.04 bits per heavy atom. The highest BCUT2D eigenvalue weighted by atomic mass is 16.5. The van der Waals surface area contributed by atoms with E-state index in [1.54, 1.807) is 18.2 Å². The zero-order chi connectivity index (χ0) is 16.9. The number of piperidine rings is 1. The van der Waals surface area contributed by atoms with Crippen LogP contribution in [0.2, 0.25) is 0 Å². The number of ether oxygens (including phenoxy) is 1. The van der Waals surface area contributed by atoms with Crippen LogP contribution in [0.4, 0.5) is 0 Å². The van der Waals surface area contributed by atoms with Gasteiger partial charge >= 0.3 is 0 Å². The van der Waals surface area contributed by atoms with E-state index in [2.05, 4.69) is 4.98 Å². The minimum atomic E-state index is -0.143. The van der Waals surface area contributed by atoms with Crippen molar-refractivity contribution in [1.82, 2.24) is 9.88 Å². The van der Waals surface area contributed by atoms with E-state index in [0.29, 0.717) is 11.4 Å². The number of phenolic OH excluding ortho intramolecular Hbond substituents is 2. The number of aromatic nitrogens is 1. The lowest BCUT2D eigenvalue weighted by atomic mass is 10.1. The van der Waals surface area contributed by atoms with Crippen LogP contribution in [0.15, 0.2) is 36.4 Å². The molecular weight excluding hydrogens is 308 g/mol. The fourth-order valence-electron chi connectivity index (χ4n) is 2.75. The Bertz CT molecular complexity index is 706. The van der Waals surface area contributed by atoms with E-state index in [1.165, 1.54) is 18.2 Å². The first kappa shape index (κ1) is 16.1. The summed E-state index contributed by atoms with van der Waals surface area (Å²) in [5.41, 5.74) is 0.944. The first-order chi connectivity index (χ1) is 11.6. The van der Waals surface area contributed by atoms with Gasteiger partial charge in [-0.3, -0.25) is 4.79 Å². The van der Waals surface area contributed by atoms with Gasteiger partial charge in [0.2, 0.25) is 5.75 Å². The van der Waals surface area contributed by atoms with Crippen LogP contribution in [0.3, 0.4) is 0 Å². The first-order valence-electron chi connectivity index (χ1n) is 8.04. The molecule has 0 spiro atoms. The van der Waals surface area contributed by atoms with Crippen molar-refractivity contribution in [2.24, 2.45) is 0 Å². The maximum atomic E-state index is 12.5. The second kappa shape index (κ2) is 7.21. The van der Waals surface area contributed by atoms with Crippen molar-refractivity contribution in [1.29, 1.82) is 0 Å². The van der Waals surface area contributed by atoms with Crippen LogP contribution in [0.1, 0.15) is 35.4 Å². The summed E-state index contributed by atoms with van der Waals surface area (Å²) in [6, 6.07) is 9.57. The predicted octanol–water partition coefficient (Wildman–Crippen LogP) is 2.70. The van der Waals surface area contributed by atoms with E-state index >= 15 is 0 Å². The number of rotatable bonds is 4. The third-order valence-electron chi connectivity index (χ3n) is 4.01. The van der Waals surface area contributed by atoms with Crippen LogP contribution in [0.25, 0.3) is 0 Å². The molecule has 2 heterocycles. The second-order valence-electron chi connectivity index (χ2n) is 5.78. The lowest BCUT2D eigenvalue weighted by Gasteiger charge is -2.26. The van der Waals surface area contributed by atoms with Crippen LogP contribution >= 0.6 is 0 Å². The predicted molar refractivity (Wildman–Crippen MR) is 88.1 cm³/mol. The van der Waals surface area contributed by atoms with Crippen molar-refractivity contribution >= 4 is 5.91 Å². The molecule has 0 radical (unpaired) electrons. The molecule has 1 aromatic heterocycles. The van der Waals surface area contributed by atoms with Gasteiger partial charge in [0.1, 0.15) is 12.3 Å². The Morgan fingerprint density at radius 2 is 1.71 bits per heavy atom. The number of para-hydroxylation sites is 1. The number of aromatic hydroxyl groups is 2. The molecule has 0 atom stereocenters. The average Bonchev–Trinajstić information content (AvgIpc) is 2.62. The molecule has 2 N–H and O–H groups in total. The maximum absolute atomic E-state index is 12.5. The van der Waals surface area contributed by atoms with Gasteiger partial charge in [-0.05, 0) is 43.5 Å². The van der Waals surface area contributed by atoms with Crippen LogP contribution in [-0.4, -0.2) is 39.1 Å². The van der Waals surface area contributed by atoms with E-state index < -0.39 is 0 Å². The number of pyridine rings is 1. The highest BCUT2D eigenvalue weighted by molar-refractivity contribution is 5.92. The third-order valence-corrected chi connectivity index (χ3v) is 4.01. The van der Waals surface area contributed by atoms with Crippen molar-refractivity contribution < 1.29 is 19.7 Å². The quantitative estimate of drug-likeness (QED) is 0.901. The molecule has 126 valence electrons. The summed E-state index contributed by atoms with van der Waals surface area (Å²) in [6.45, 7) is 1.59. The van der Waals surface area contributed by atoms with Crippen molar-refractivity contribution in [3.05, 3.63) is 47.8 Å². The zero-order valence-electron chi connectivity index (χ0n) is 13.3. The minimum Gasteiger partial charge on any atom is -0.504 e. The lowest BCUT2D eigenvalue weighted by Crippen LogP contribution is -2.36. The summed E-state index contributed by atoms with van der Waals surface area (Å²) >= 11 is 0. The van der Waals surface area contributed by atoms with Gasteiger partial charge in [-0.1, -0.05) is 12.1 Å². The van der Waals surface area contributed by atoms with Gasteiger partial charge in [-0.25, -0.2) is 4.98 Å². The van der Waals surface area contributed by atoms with E-state index in [-0.39, 0.29) is 29.8 Å². The normalized spacial score (nSPS) is 14.4. The largest absolute Gasteiger partial charge is 0.504 e. The highest BCUT2D eigenvalue weighted by Crippen LogP contribution is 2.35. The van der Waals surface area contributed by atoms with E-state index in [4.69, 9.17) is 4.74 Å².